The van der Waals surface area contributed by atoms with Crippen molar-refractivity contribution in [1.82, 2.24) is 9.97 Å². The van der Waals surface area contributed by atoms with Gasteiger partial charge in [0.15, 0.2) is 0 Å². The Bertz CT molecular complexity index is 479. The molecule has 3 N–H and O–H groups in total. The Balaban J connectivity index is 2.69. The zero-order valence-electron chi connectivity index (χ0n) is 8.07. The van der Waals surface area contributed by atoms with Gasteiger partial charge in [0, 0.05) is 22.7 Å². The number of aromatic amines is 1. The van der Waals surface area contributed by atoms with Gasteiger partial charge in [-0.15, -0.1) is 0 Å². The number of nitrogens with zero attached hydrogens (tertiary/aromatic N) is 1. The Morgan fingerprint density at radius 3 is 2.71 bits per heavy atom. The van der Waals surface area contributed by atoms with Crippen LogP contribution in [0.15, 0.2) is 12.3 Å². The van der Waals surface area contributed by atoms with E-state index in [4.69, 9.17) is 10.0 Å². The van der Waals surface area contributed by atoms with Crippen molar-refractivity contribution in [2.24, 2.45) is 0 Å². The molecule has 0 saturated carbocycles. The lowest BCUT2D eigenvalue weighted by atomic mass is 9.81. The third kappa shape index (κ3) is 1.30. The van der Waals surface area contributed by atoms with E-state index in [9.17, 15) is 0 Å². The molecule has 2 aromatic rings. The molecule has 0 amide bonds. The highest BCUT2D eigenvalue weighted by Crippen LogP contribution is 2.17. The maximum Gasteiger partial charge on any atom is 0.490 e. The summed E-state index contributed by atoms with van der Waals surface area (Å²) in [4.78, 5) is 7.23. The van der Waals surface area contributed by atoms with E-state index < -0.39 is 7.12 Å². The first-order valence-electron chi connectivity index (χ1n) is 4.40. The molecule has 2 rings (SSSR count). The molecule has 72 valence electrons. The topological polar surface area (TPSA) is 69.1 Å². The van der Waals surface area contributed by atoms with Crippen molar-refractivity contribution in [2.45, 2.75) is 13.8 Å². The van der Waals surface area contributed by atoms with Crippen molar-refractivity contribution >= 4 is 23.6 Å². The molecule has 0 saturated heterocycles. The molecule has 0 fully saturated rings. The van der Waals surface area contributed by atoms with E-state index in [0.717, 1.165) is 22.3 Å². The van der Waals surface area contributed by atoms with E-state index in [0.29, 0.717) is 5.46 Å². The minimum atomic E-state index is -1.46. The number of rotatable bonds is 1. The number of nitrogens with one attached hydrogen (secondary N) is 1. The molecule has 5 heteroatoms. The highest BCUT2D eigenvalue weighted by molar-refractivity contribution is 6.58. The van der Waals surface area contributed by atoms with Crippen molar-refractivity contribution in [2.75, 3.05) is 0 Å². The fourth-order valence-corrected chi connectivity index (χ4v) is 1.48. The highest BCUT2D eigenvalue weighted by atomic mass is 16.4. The lowest BCUT2D eigenvalue weighted by molar-refractivity contribution is 0.425. The van der Waals surface area contributed by atoms with Crippen LogP contribution < -0.4 is 5.46 Å². The van der Waals surface area contributed by atoms with Crippen LogP contribution >= 0.6 is 0 Å². The predicted molar refractivity (Wildman–Crippen MR) is 55.4 cm³/mol. The zero-order chi connectivity index (χ0) is 10.3. The van der Waals surface area contributed by atoms with E-state index in [2.05, 4.69) is 9.97 Å². The molecule has 2 heterocycles. The first kappa shape index (κ1) is 9.24. The highest BCUT2D eigenvalue weighted by Gasteiger charge is 2.13. The van der Waals surface area contributed by atoms with E-state index >= 15 is 0 Å². The molecule has 2 aromatic heterocycles. The fraction of sp³-hybridized carbons (Fsp3) is 0.222. The normalized spacial score (nSPS) is 10.9. The Morgan fingerprint density at radius 1 is 1.36 bits per heavy atom. The molecular formula is C9H11BN2O2. The first-order valence-corrected chi connectivity index (χ1v) is 4.40. The summed E-state index contributed by atoms with van der Waals surface area (Å²) in [5.41, 5.74) is 3.34. The predicted octanol–water partition coefficient (Wildman–Crippen LogP) is -0.140. The average Bonchev–Trinajstić information content (AvgIpc) is 2.43. The average molecular weight is 190 g/mol. The monoisotopic (exact) mass is 190 g/mol. The second-order valence-electron chi connectivity index (χ2n) is 3.41. The molecule has 0 atom stereocenters. The van der Waals surface area contributed by atoms with Gasteiger partial charge in [-0.05, 0) is 25.5 Å². The lowest BCUT2D eigenvalue weighted by Gasteiger charge is -1.98. The van der Waals surface area contributed by atoms with Crippen LogP contribution in [0.5, 0.6) is 0 Å². The van der Waals surface area contributed by atoms with Crippen LogP contribution in [0.1, 0.15) is 11.3 Å². The quantitative estimate of drug-likeness (QED) is 0.548. The Labute approximate surface area is 81.8 Å². The standard InChI is InChI=1S/C9H11BN2O2/c1-5-6(2)12-9-8(5)3-7(4-11-9)10(13)14/h3-4,13-14H,1-2H3,(H,11,12). The van der Waals surface area contributed by atoms with Gasteiger partial charge in [-0.1, -0.05) is 0 Å². The molecule has 0 bridgehead atoms. The maximum absolute atomic E-state index is 8.99. The van der Waals surface area contributed by atoms with E-state index in [1.54, 1.807) is 6.07 Å². The molecule has 4 nitrogen and oxygen atoms in total. The molecule has 14 heavy (non-hydrogen) atoms. The van der Waals surface area contributed by atoms with Crippen molar-refractivity contribution < 1.29 is 10.0 Å². The number of pyridine rings is 1. The van der Waals surface area contributed by atoms with Gasteiger partial charge in [0.2, 0.25) is 0 Å². The molecule has 0 aliphatic heterocycles. The summed E-state index contributed by atoms with van der Waals surface area (Å²) < 4.78 is 0. The number of aromatic nitrogens is 2. The molecule has 0 unspecified atom stereocenters. The summed E-state index contributed by atoms with van der Waals surface area (Å²) in [7, 11) is -1.46. The summed E-state index contributed by atoms with van der Waals surface area (Å²) in [5, 5.41) is 18.9. The van der Waals surface area contributed by atoms with Crippen LogP contribution in [-0.4, -0.2) is 27.1 Å². The molecule has 0 aliphatic rings. The van der Waals surface area contributed by atoms with E-state index in [-0.39, 0.29) is 0 Å². The van der Waals surface area contributed by atoms with Gasteiger partial charge in [0.05, 0.1) is 0 Å². The Hall–Kier alpha value is -1.33. The zero-order valence-corrected chi connectivity index (χ0v) is 8.07. The molecule has 0 radical (unpaired) electrons. The van der Waals surface area contributed by atoms with Crippen LogP contribution in [0.4, 0.5) is 0 Å². The molecule has 0 aliphatic carbocycles. The third-order valence-corrected chi connectivity index (χ3v) is 2.48. The maximum atomic E-state index is 8.99. The largest absolute Gasteiger partial charge is 0.490 e. The smallest absolute Gasteiger partial charge is 0.423 e. The number of H-pyrrole nitrogens is 1. The lowest BCUT2D eigenvalue weighted by Crippen LogP contribution is -2.29. The molecule has 0 spiro atoms. The summed E-state index contributed by atoms with van der Waals surface area (Å²) >= 11 is 0. The first-order chi connectivity index (χ1) is 6.59. The van der Waals surface area contributed by atoms with Crippen molar-refractivity contribution in [3.05, 3.63) is 23.5 Å². The van der Waals surface area contributed by atoms with Crippen LogP contribution in [0, 0.1) is 13.8 Å². The summed E-state index contributed by atoms with van der Waals surface area (Å²) in [5.74, 6) is 0. The van der Waals surface area contributed by atoms with Crippen LogP contribution in [0.3, 0.4) is 0 Å². The fourth-order valence-electron chi connectivity index (χ4n) is 1.48. The van der Waals surface area contributed by atoms with E-state index in [1.165, 1.54) is 6.20 Å². The van der Waals surface area contributed by atoms with Crippen molar-refractivity contribution in [3.8, 4) is 0 Å². The van der Waals surface area contributed by atoms with Crippen molar-refractivity contribution in [1.29, 1.82) is 0 Å². The molecule has 0 aromatic carbocycles. The van der Waals surface area contributed by atoms with Crippen LogP contribution in [-0.2, 0) is 0 Å². The second-order valence-corrected chi connectivity index (χ2v) is 3.41. The third-order valence-electron chi connectivity index (χ3n) is 2.48. The number of hydrogen-bond donors (Lipinski definition) is 3. The molecular weight excluding hydrogens is 179 g/mol. The van der Waals surface area contributed by atoms with Gasteiger partial charge < -0.3 is 15.0 Å². The van der Waals surface area contributed by atoms with Gasteiger partial charge >= 0.3 is 7.12 Å². The van der Waals surface area contributed by atoms with Gasteiger partial charge in [0.25, 0.3) is 0 Å². The van der Waals surface area contributed by atoms with Gasteiger partial charge in [0.1, 0.15) is 5.65 Å². The summed E-state index contributed by atoms with van der Waals surface area (Å²) in [6.07, 6.45) is 1.46. The second kappa shape index (κ2) is 3.11. The van der Waals surface area contributed by atoms with Gasteiger partial charge in [-0.25, -0.2) is 4.98 Å². The summed E-state index contributed by atoms with van der Waals surface area (Å²) in [6.45, 7) is 3.94. The number of aryl methyl sites for hydroxylation is 2. The number of fused-ring (bicyclic) bond motifs is 1. The minimum Gasteiger partial charge on any atom is -0.423 e. The van der Waals surface area contributed by atoms with Gasteiger partial charge in [-0.3, -0.25) is 0 Å². The SMILES string of the molecule is Cc1[nH]c2ncc(B(O)O)cc2c1C. The number of hydrogen-bond acceptors (Lipinski definition) is 3. The van der Waals surface area contributed by atoms with Crippen LogP contribution in [0.25, 0.3) is 11.0 Å². The Kier molecular flexibility index (Phi) is 2.05. The Morgan fingerprint density at radius 2 is 2.07 bits per heavy atom. The van der Waals surface area contributed by atoms with Crippen molar-refractivity contribution in [3.63, 3.8) is 0 Å². The minimum absolute atomic E-state index is 0.416. The van der Waals surface area contributed by atoms with E-state index in [1.807, 2.05) is 13.8 Å². The summed E-state index contributed by atoms with van der Waals surface area (Å²) in [6, 6.07) is 1.74. The van der Waals surface area contributed by atoms with Gasteiger partial charge in [-0.2, -0.15) is 0 Å². The van der Waals surface area contributed by atoms with Crippen LogP contribution in [0.2, 0.25) is 0 Å².